The van der Waals surface area contributed by atoms with Crippen molar-refractivity contribution < 1.29 is 0 Å². The SMILES string of the molecule is C[Si](C)(C)/C=C1\C2C=CCCC1CCC2. The van der Waals surface area contributed by atoms with Crippen LogP contribution in [0.4, 0.5) is 0 Å². The highest BCUT2D eigenvalue weighted by Gasteiger charge is 2.28. The molecule has 1 saturated carbocycles. The highest BCUT2D eigenvalue weighted by atomic mass is 28.3. The quantitative estimate of drug-likeness (QED) is 0.449. The molecule has 0 heterocycles. The molecule has 0 N–H and O–H groups in total. The Morgan fingerprint density at radius 3 is 2.73 bits per heavy atom. The molecule has 0 spiro atoms. The monoisotopic (exact) mass is 220 g/mol. The zero-order chi connectivity index (χ0) is 10.9. The van der Waals surface area contributed by atoms with Crippen molar-refractivity contribution in [3.63, 3.8) is 0 Å². The van der Waals surface area contributed by atoms with Gasteiger partial charge in [-0.3, -0.25) is 0 Å². The molecule has 1 fully saturated rings. The van der Waals surface area contributed by atoms with Crippen LogP contribution in [-0.2, 0) is 0 Å². The van der Waals surface area contributed by atoms with E-state index in [1.807, 2.05) is 5.57 Å². The van der Waals surface area contributed by atoms with Crippen LogP contribution in [-0.4, -0.2) is 8.07 Å². The first-order valence-electron chi connectivity index (χ1n) is 6.45. The fourth-order valence-electron chi connectivity index (χ4n) is 3.02. The van der Waals surface area contributed by atoms with E-state index in [0.29, 0.717) is 0 Å². The van der Waals surface area contributed by atoms with Crippen LogP contribution in [0.5, 0.6) is 0 Å². The van der Waals surface area contributed by atoms with Crippen LogP contribution >= 0.6 is 0 Å². The van der Waals surface area contributed by atoms with Crippen molar-refractivity contribution in [3.05, 3.63) is 23.4 Å². The van der Waals surface area contributed by atoms with Gasteiger partial charge in [-0.1, -0.05) is 49.5 Å². The maximum absolute atomic E-state index is 2.69. The van der Waals surface area contributed by atoms with Crippen molar-refractivity contribution in [1.29, 1.82) is 0 Å². The van der Waals surface area contributed by atoms with Crippen molar-refractivity contribution in [2.75, 3.05) is 0 Å². The number of allylic oxidation sites excluding steroid dienone is 3. The summed E-state index contributed by atoms with van der Waals surface area (Å²) >= 11 is 0. The lowest BCUT2D eigenvalue weighted by Gasteiger charge is -2.31. The molecule has 0 nitrogen and oxygen atoms in total. The van der Waals surface area contributed by atoms with Crippen LogP contribution in [0.3, 0.4) is 0 Å². The summed E-state index contributed by atoms with van der Waals surface area (Å²) in [5.41, 5.74) is 4.51. The minimum Gasteiger partial charge on any atom is -0.0949 e. The highest BCUT2D eigenvalue weighted by molar-refractivity contribution is 6.81. The van der Waals surface area contributed by atoms with Gasteiger partial charge in [0.25, 0.3) is 0 Å². The van der Waals surface area contributed by atoms with Gasteiger partial charge in [-0.25, -0.2) is 0 Å². The number of rotatable bonds is 1. The van der Waals surface area contributed by atoms with E-state index in [4.69, 9.17) is 0 Å². The average molecular weight is 220 g/mol. The van der Waals surface area contributed by atoms with E-state index in [0.717, 1.165) is 11.8 Å². The first kappa shape index (κ1) is 11.2. The molecule has 2 aliphatic rings. The molecule has 0 saturated heterocycles. The summed E-state index contributed by atoms with van der Waals surface area (Å²) in [6.45, 7) is 7.39. The second kappa shape index (κ2) is 4.29. The van der Waals surface area contributed by atoms with Gasteiger partial charge in [0.15, 0.2) is 0 Å². The van der Waals surface area contributed by atoms with E-state index < -0.39 is 8.07 Å². The maximum Gasteiger partial charge on any atom is 0.0686 e. The van der Waals surface area contributed by atoms with Gasteiger partial charge in [0.2, 0.25) is 0 Å². The molecule has 2 unspecified atom stereocenters. The summed E-state index contributed by atoms with van der Waals surface area (Å²) in [6, 6.07) is 0. The third-order valence-electron chi connectivity index (χ3n) is 3.62. The zero-order valence-corrected chi connectivity index (χ0v) is 11.4. The normalized spacial score (nSPS) is 34.2. The molecule has 2 bridgehead atoms. The van der Waals surface area contributed by atoms with E-state index in [1.54, 1.807) is 0 Å². The van der Waals surface area contributed by atoms with Crippen LogP contribution in [0.2, 0.25) is 19.6 Å². The molecular formula is C14H24Si. The van der Waals surface area contributed by atoms with Gasteiger partial charge in [0, 0.05) is 0 Å². The highest BCUT2D eigenvalue weighted by Crippen LogP contribution is 2.40. The molecule has 2 rings (SSSR count). The molecule has 84 valence electrons. The van der Waals surface area contributed by atoms with Gasteiger partial charge in [-0.05, 0) is 37.5 Å². The smallest absolute Gasteiger partial charge is 0.0686 e. The van der Waals surface area contributed by atoms with Crippen molar-refractivity contribution in [2.45, 2.75) is 51.7 Å². The van der Waals surface area contributed by atoms with Crippen LogP contribution < -0.4 is 0 Å². The zero-order valence-electron chi connectivity index (χ0n) is 10.4. The first-order chi connectivity index (χ1) is 7.06. The molecule has 1 heteroatoms. The number of fused-ring (bicyclic) bond motifs is 2. The fraction of sp³-hybridized carbons (Fsp3) is 0.714. The van der Waals surface area contributed by atoms with Crippen LogP contribution in [0, 0.1) is 11.8 Å². The Labute approximate surface area is 95.5 Å². The lowest BCUT2D eigenvalue weighted by molar-refractivity contribution is 0.399. The molecule has 0 aromatic rings. The van der Waals surface area contributed by atoms with Crippen molar-refractivity contribution in [1.82, 2.24) is 0 Å². The summed E-state index contributed by atoms with van der Waals surface area (Å²) in [4.78, 5) is 0. The molecular weight excluding hydrogens is 196 g/mol. The van der Waals surface area contributed by atoms with E-state index in [1.165, 1.54) is 32.1 Å². The standard InChI is InChI=1S/C14H24Si/c1-15(2,3)11-14-12-7-4-5-8-13(14)10-6-9-12/h4,7,11-13H,5-6,8-10H2,1-3H3/b14-11+. The van der Waals surface area contributed by atoms with E-state index >= 15 is 0 Å². The van der Waals surface area contributed by atoms with Gasteiger partial charge in [-0.15, -0.1) is 0 Å². The molecule has 2 aliphatic carbocycles. The molecule has 0 aliphatic heterocycles. The molecule has 0 radical (unpaired) electrons. The second-order valence-corrected chi connectivity index (χ2v) is 11.3. The summed E-state index contributed by atoms with van der Waals surface area (Å²) in [5.74, 6) is 1.73. The summed E-state index contributed by atoms with van der Waals surface area (Å²) in [5, 5.41) is 0. The van der Waals surface area contributed by atoms with Gasteiger partial charge in [0.1, 0.15) is 0 Å². The molecule has 0 aromatic carbocycles. The van der Waals surface area contributed by atoms with Crippen molar-refractivity contribution >= 4 is 8.07 Å². The predicted octanol–water partition coefficient (Wildman–Crippen LogP) is 4.56. The van der Waals surface area contributed by atoms with Gasteiger partial charge >= 0.3 is 0 Å². The summed E-state index contributed by atoms with van der Waals surface area (Å²) in [7, 11) is -1.03. The second-order valence-electron chi connectivity index (χ2n) is 6.25. The minimum absolute atomic E-state index is 0.804. The Hall–Kier alpha value is -0.303. The van der Waals surface area contributed by atoms with Gasteiger partial charge in [-0.2, -0.15) is 0 Å². The molecule has 0 aromatic heterocycles. The predicted molar refractivity (Wildman–Crippen MR) is 70.6 cm³/mol. The van der Waals surface area contributed by atoms with Crippen LogP contribution in [0.1, 0.15) is 32.1 Å². The van der Waals surface area contributed by atoms with Crippen LogP contribution in [0.15, 0.2) is 23.4 Å². The fourth-order valence-corrected chi connectivity index (χ4v) is 4.47. The van der Waals surface area contributed by atoms with Crippen LogP contribution in [0.25, 0.3) is 0 Å². The molecule has 15 heavy (non-hydrogen) atoms. The van der Waals surface area contributed by atoms with E-state index in [9.17, 15) is 0 Å². The van der Waals surface area contributed by atoms with Gasteiger partial charge in [0.05, 0.1) is 8.07 Å². The Kier molecular flexibility index (Phi) is 3.20. The lowest BCUT2D eigenvalue weighted by atomic mass is 9.77. The Morgan fingerprint density at radius 2 is 2.00 bits per heavy atom. The average Bonchev–Trinajstić information content (AvgIpc) is 2.27. The van der Waals surface area contributed by atoms with E-state index in [2.05, 4.69) is 37.5 Å². The number of hydrogen-bond acceptors (Lipinski definition) is 0. The topological polar surface area (TPSA) is 0 Å². The number of hydrogen-bond donors (Lipinski definition) is 0. The third-order valence-corrected chi connectivity index (χ3v) is 4.82. The first-order valence-corrected chi connectivity index (χ1v) is 10.0. The summed E-state index contributed by atoms with van der Waals surface area (Å²) < 4.78 is 0. The lowest BCUT2D eigenvalue weighted by Crippen LogP contribution is -2.24. The minimum atomic E-state index is -1.03. The van der Waals surface area contributed by atoms with Crippen molar-refractivity contribution in [3.8, 4) is 0 Å². The molecule has 2 atom stereocenters. The Balaban J connectivity index is 2.28. The Bertz CT molecular complexity index is 280. The van der Waals surface area contributed by atoms with Gasteiger partial charge < -0.3 is 0 Å². The van der Waals surface area contributed by atoms with Crippen molar-refractivity contribution in [2.24, 2.45) is 11.8 Å². The Morgan fingerprint density at radius 1 is 1.20 bits per heavy atom. The largest absolute Gasteiger partial charge is 0.0949 e. The maximum atomic E-state index is 2.69. The summed E-state index contributed by atoms with van der Waals surface area (Å²) in [6.07, 6.45) is 11.9. The van der Waals surface area contributed by atoms with E-state index in [-0.39, 0.29) is 0 Å². The molecule has 0 amide bonds. The third kappa shape index (κ3) is 2.84.